The summed E-state index contributed by atoms with van der Waals surface area (Å²) in [5, 5.41) is 0. The minimum Gasteiger partial charge on any atom is -0.461 e. The van der Waals surface area contributed by atoms with Gasteiger partial charge in [0, 0.05) is 6.54 Å². The summed E-state index contributed by atoms with van der Waals surface area (Å²) in [6, 6.07) is 5.82. The number of ether oxygens (including phenoxy) is 2. The highest BCUT2D eigenvalue weighted by molar-refractivity contribution is 5.82. The summed E-state index contributed by atoms with van der Waals surface area (Å²) < 4.78 is 25.4. The van der Waals surface area contributed by atoms with Gasteiger partial charge in [0.25, 0.3) is 0 Å². The molecule has 2 fully saturated rings. The number of nitrogens with zero attached hydrogens (tertiary/aromatic N) is 1. The monoisotopic (exact) mass is 461 g/mol. The summed E-state index contributed by atoms with van der Waals surface area (Å²) in [4.78, 5) is 27.9. The van der Waals surface area contributed by atoms with Crippen LogP contribution in [0.1, 0.15) is 72.8 Å². The number of amides is 1. The standard InChI is InChI=1S/C27H40FNO4/c1-17(2)22-11-10-18(3)12-24(22)32-25(30)23-15-20(13-19-8-7-9-21(28)14-19)16-29(23)26(31)33-27(4,5)6/h7-9,14,17-18,20,22-24H,10-13,15-16H2,1-6H3/t18-,20?,22?,23?,24-/m1/s1. The first kappa shape index (κ1) is 25.5. The average molecular weight is 462 g/mol. The number of esters is 1. The van der Waals surface area contributed by atoms with Gasteiger partial charge >= 0.3 is 12.1 Å². The van der Waals surface area contributed by atoms with E-state index in [1.165, 1.54) is 17.0 Å². The molecule has 1 saturated carbocycles. The van der Waals surface area contributed by atoms with Crippen LogP contribution in [-0.2, 0) is 20.7 Å². The molecule has 0 spiro atoms. The van der Waals surface area contributed by atoms with Crippen LogP contribution in [0.4, 0.5) is 9.18 Å². The smallest absolute Gasteiger partial charge is 0.411 e. The zero-order valence-electron chi connectivity index (χ0n) is 21.0. The van der Waals surface area contributed by atoms with Crippen molar-refractivity contribution in [2.24, 2.45) is 23.7 Å². The van der Waals surface area contributed by atoms with Gasteiger partial charge in [0.15, 0.2) is 0 Å². The zero-order chi connectivity index (χ0) is 24.3. The number of hydrogen-bond donors (Lipinski definition) is 0. The average Bonchev–Trinajstić information content (AvgIpc) is 3.10. The van der Waals surface area contributed by atoms with Crippen molar-refractivity contribution in [2.75, 3.05) is 6.54 Å². The van der Waals surface area contributed by atoms with Gasteiger partial charge < -0.3 is 9.47 Å². The number of carbonyl (C=O) groups excluding carboxylic acids is 2. The van der Waals surface area contributed by atoms with Gasteiger partial charge in [0.1, 0.15) is 23.6 Å². The summed E-state index contributed by atoms with van der Waals surface area (Å²) in [5.41, 5.74) is 0.201. The van der Waals surface area contributed by atoms with Crippen molar-refractivity contribution >= 4 is 12.1 Å². The summed E-state index contributed by atoms with van der Waals surface area (Å²) in [7, 11) is 0. The third kappa shape index (κ3) is 6.94. The first-order chi connectivity index (χ1) is 15.4. The zero-order valence-corrected chi connectivity index (χ0v) is 21.0. The predicted octanol–water partition coefficient (Wildman–Crippen LogP) is 6.00. The van der Waals surface area contributed by atoms with Crippen molar-refractivity contribution < 1.29 is 23.5 Å². The van der Waals surface area contributed by atoms with Crippen LogP contribution in [0.5, 0.6) is 0 Å². The SMILES string of the molecule is CC(C)C1CC[C@@H](C)C[C@H]1OC(=O)C1CC(Cc2cccc(F)c2)CN1C(=O)OC(C)(C)C. The van der Waals surface area contributed by atoms with Gasteiger partial charge in [-0.05, 0) is 87.8 Å². The summed E-state index contributed by atoms with van der Waals surface area (Å²) >= 11 is 0. The van der Waals surface area contributed by atoms with Crippen molar-refractivity contribution in [3.8, 4) is 0 Å². The highest BCUT2D eigenvalue weighted by atomic mass is 19.1. The Balaban J connectivity index is 1.76. The lowest BCUT2D eigenvalue weighted by atomic mass is 9.75. The molecule has 1 aromatic carbocycles. The molecule has 0 aromatic heterocycles. The highest BCUT2D eigenvalue weighted by Gasteiger charge is 2.44. The van der Waals surface area contributed by atoms with E-state index in [1.807, 2.05) is 26.8 Å². The Kier molecular flexibility index (Phi) is 8.07. The van der Waals surface area contributed by atoms with Crippen LogP contribution in [0.2, 0.25) is 0 Å². The molecule has 0 bridgehead atoms. The van der Waals surface area contributed by atoms with Crippen LogP contribution in [-0.4, -0.2) is 41.3 Å². The highest BCUT2D eigenvalue weighted by Crippen LogP contribution is 2.37. The summed E-state index contributed by atoms with van der Waals surface area (Å²) in [6.45, 7) is 12.4. The second-order valence-electron chi connectivity index (χ2n) is 11.4. The predicted molar refractivity (Wildman–Crippen MR) is 126 cm³/mol. The van der Waals surface area contributed by atoms with E-state index < -0.39 is 17.7 Å². The Morgan fingerprint density at radius 3 is 2.55 bits per heavy atom. The molecule has 5 nitrogen and oxygen atoms in total. The quantitative estimate of drug-likeness (QED) is 0.505. The van der Waals surface area contributed by atoms with E-state index in [0.29, 0.717) is 37.1 Å². The van der Waals surface area contributed by atoms with Crippen molar-refractivity contribution in [3.63, 3.8) is 0 Å². The van der Waals surface area contributed by atoms with E-state index in [9.17, 15) is 14.0 Å². The molecule has 1 saturated heterocycles. The van der Waals surface area contributed by atoms with Gasteiger partial charge in [-0.2, -0.15) is 0 Å². The first-order valence-corrected chi connectivity index (χ1v) is 12.4. The molecule has 5 atom stereocenters. The topological polar surface area (TPSA) is 55.8 Å². The molecule has 33 heavy (non-hydrogen) atoms. The molecule has 1 aliphatic carbocycles. The lowest BCUT2D eigenvalue weighted by Gasteiger charge is -2.37. The Labute approximate surface area is 198 Å². The van der Waals surface area contributed by atoms with E-state index in [1.54, 1.807) is 6.07 Å². The molecule has 3 unspecified atom stereocenters. The maximum absolute atomic E-state index is 13.7. The van der Waals surface area contributed by atoms with Crippen LogP contribution in [0.3, 0.4) is 0 Å². The molecule has 6 heteroatoms. The third-order valence-corrected chi connectivity index (χ3v) is 6.93. The lowest BCUT2D eigenvalue weighted by Crippen LogP contribution is -2.46. The van der Waals surface area contributed by atoms with E-state index >= 15 is 0 Å². The fourth-order valence-electron chi connectivity index (χ4n) is 5.29. The van der Waals surface area contributed by atoms with Crippen molar-refractivity contribution in [3.05, 3.63) is 35.6 Å². The van der Waals surface area contributed by atoms with Gasteiger partial charge in [-0.3, -0.25) is 4.90 Å². The van der Waals surface area contributed by atoms with Crippen LogP contribution in [0.15, 0.2) is 24.3 Å². The number of hydrogen-bond acceptors (Lipinski definition) is 4. The van der Waals surface area contributed by atoms with Crippen molar-refractivity contribution in [2.45, 2.75) is 91.4 Å². The Bertz CT molecular complexity index is 834. The molecule has 0 radical (unpaired) electrons. The molecule has 1 heterocycles. The molecular formula is C27H40FNO4. The largest absolute Gasteiger partial charge is 0.461 e. The van der Waals surface area contributed by atoms with Crippen molar-refractivity contribution in [1.82, 2.24) is 4.90 Å². The number of carbonyl (C=O) groups is 2. The number of halogens is 1. The molecule has 2 aliphatic rings. The van der Waals surface area contributed by atoms with Gasteiger partial charge in [-0.15, -0.1) is 0 Å². The Morgan fingerprint density at radius 1 is 1.18 bits per heavy atom. The number of likely N-dealkylation sites (tertiary alicyclic amines) is 1. The molecular weight excluding hydrogens is 421 g/mol. The van der Waals surface area contributed by atoms with Crippen LogP contribution in [0, 0.1) is 29.5 Å². The molecule has 0 N–H and O–H groups in total. The molecule has 184 valence electrons. The van der Waals surface area contributed by atoms with Crippen LogP contribution < -0.4 is 0 Å². The molecule has 1 aromatic rings. The summed E-state index contributed by atoms with van der Waals surface area (Å²) in [5.74, 6) is 0.697. The van der Waals surface area contributed by atoms with Gasteiger partial charge in [0.05, 0.1) is 0 Å². The van der Waals surface area contributed by atoms with Crippen LogP contribution >= 0.6 is 0 Å². The maximum atomic E-state index is 13.7. The Morgan fingerprint density at radius 2 is 1.91 bits per heavy atom. The normalized spacial score (nSPS) is 28.1. The number of rotatable bonds is 5. The third-order valence-electron chi connectivity index (χ3n) is 6.93. The molecule has 3 rings (SSSR count). The molecule has 1 amide bonds. The van der Waals surface area contributed by atoms with Gasteiger partial charge in [-0.25, -0.2) is 14.0 Å². The minimum atomic E-state index is -0.677. The first-order valence-electron chi connectivity index (χ1n) is 12.4. The van der Waals surface area contributed by atoms with Crippen molar-refractivity contribution in [1.29, 1.82) is 0 Å². The van der Waals surface area contributed by atoms with E-state index in [0.717, 1.165) is 24.8 Å². The summed E-state index contributed by atoms with van der Waals surface area (Å²) in [6.07, 6.45) is 3.53. The number of benzene rings is 1. The Hall–Kier alpha value is -2.11. The van der Waals surface area contributed by atoms with E-state index in [-0.39, 0.29) is 23.8 Å². The fraction of sp³-hybridized carbons (Fsp3) is 0.704. The maximum Gasteiger partial charge on any atom is 0.411 e. The molecule has 1 aliphatic heterocycles. The lowest BCUT2D eigenvalue weighted by molar-refractivity contribution is -0.161. The second-order valence-corrected chi connectivity index (χ2v) is 11.4. The van der Waals surface area contributed by atoms with E-state index in [2.05, 4.69) is 20.8 Å². The minimum absolute atomic E-state index is 0.0306. The van der Waals surface area contributed by atoms with Gasteiger partial charge in [0.2, 0.25) is 0 Å². The van der Waals surface area contributed by atoms with Crippen LogP contribution in [0.25, 0.3) is 0 Å². The van der Waals surface area contributed by atoms with Gasteiger partial charge in [-0.1, -0.05) is 39.3 Å². The fourth-order valence-corrected chi connectivity index (χ4v) is 5.29. The second kappa shape index (κ2) is 10.4. The van der Waals surface area contributed by atoms with E-state index in [4.69, 9.17) is 9.47 Å².